The molecule has 0 aromatic heterocycles. The Balaban J connectivity index is -0.000000278. The third kappa shape index (κ3) is 49.2. The average molecular weight is 1340 g/mol. The molecule has 0 unspecified atom stereocenters. The first-order valence-corrected chi connectivity index (χ1v) is 45.6. The van der Waals surface area contributed by atoms with Gasteiger partial charge in [-0.2, -0.15) is 0 Å². The zero-order valence-electron chi connectivity index (χ0n) is 29.5. The van der Waals surface area contributed by atoms with Crippen molar-refractivity contribution in [2.24, 2.45) is 0 Å². The van der Waals surface area contributed by atoms with Crippen molar-refractivity contribution in [3.63, 3.8) is 0 Å². The number of hydrogen-bond acceptors (Lipinski definition) is 0. The quantitative estimate of drug-likeness (QED) is 0.0667. The van der Waals surface area contributed by atoms with Crippen LogP contribution >= 0.6 is 107 Å². The van der Waals surface area contributed by atoms with Gasteiger partial charge in [-0.3, -0.25) is 0 Å². The maximum atomic E-state index is 3.28. The predicted molar refractivity (Wildman–Crippen MR) is 230 cm³/mol. The van der Waals surface area contributed by atoms with E-state index in [2.05, 4.69) is 163 Å². The predicted octanol–water partition coefficient (Wildman–Crippen LogP) is 16.8. The summed E-state index contributed by atoms with van der Waals surface area (Å²) in [5.41, 5.74) is 0. The van der Waals surface area contributed by atoms with Gasteiger partial charge in [-0.25, -0.2) is 0 Å². The van der Waals surface area contributed by atoms with Crippen molar-refractivity contribution in [1.29, 1.82) is 0 Å². The topological polar surface area (TPSA) is 0 Å². The van der Waals surface area contributed by atoms with Gasteiger partial charge in [0.25, 0.3) is 0 Å². The van der Waals surface area contributed by atoms with Crippen molar-refractivity contribution in [3.8, 4) is 0 Å². The van der Waals surface area contributed by atoms with Crippen molar-refractivity contribution in [2.75, 3.05) is 52.4 Å². The normalized spacial score (nSPS) is 12.7. The Bertz CT molecular complexity index is 430. The third-order valence-electron chi connectivity index (χ3n) is 7.89. The Hall–Kier alpha value is 5.08. The Labute approximate surface area is 336 Å². The first-order chi connectivity index (χ1) is 20.5. The molecule has 2 nitrogen and oxygen atoms in total. The molecule has 0 aliphatic rings. The molecule has 0 saturated carbocycles. The molecule has 0 aromatic carbocycles. The van der Waals surface area contributed by atoms with E-state index in [1.807, 2.05) is 0 Å². The first-order valence-electron chi connectivity index (χ1n) is 17.1. The van der Waals surface area contributed by atoms with E-state index < -0.39 is 14.9 Å². The summed E-state index contributed by atoms with van der Waals surface area (Å²) in [7, 11) is -2.90. The van der Waals surface area contributed by atoms with Crippen molar-refractivity contribution in [1.82, 2.24) is 0 Å². The molecule has 0 aromatic rings. The molecule has 0 bridgehead atoms. The van der Waals surface area contributed by atoms with Gasteiger partial charge >= 0.3 is 122 Å². The van der Waals surface area contributed by atoms with E-state index in [-0.39, 0.29) is 0 Å². The van der Waals surface area contributed by atoms with E-state index in [4.69, 9.17) is 0 Å². The van der Waals surface area contributed by atoms with Crippen LogP contribution in [-0.4, -0.2) is 61.3 Å². The molecular formula is C32H72Br8N2Pd2. The summed E-state index contributed by atoms with van der Waals surface area (Å²) in [6.07, 6.45) is 22.1. The second kappa shape index (κ2) is 37.8. The summed E-state index contributed by atoms with van der Waals surface area (Å²) in [5, 5.41) is 0. The SMILES string of the molecule is CCCC[N+](CCCC)(CCCC)CCCC.CCCC[N+](CCCC)(CCCC)CCCC.[Br][Pd-]([Br])([Br])[Br].[Br][Pd-]([Br])([Br])[Br]. The molecule has 0 atom stereocenters. The van der Waals surface area contributed by atoms with Crippen molar-refractivity contribution in [3.05, 3.63) is 0 Å². The molecule has 0 saturated heterocycles. The van der Waals surface area contributed by atoms with Crippen LogP contribution in [0.5, 0.6) is 0 Å². The van der Waals surface area contributed by atoms with Crippen LogP contribution in [0.4, 0.5) is 0 Å². The summed E-state index contributed by atoms with van der Waals surface area (Å²) in [4.78, 5) is 0. The molecule has 0 amide bonds. The summed E-state index contributed by atoms with van der Waals surface area (Å²) < 4.78 is 2.84. The van der Waals surface area contributed by atoms with Crippen LogP contribution in [0.3, 0.4) is 0 Å². The van der Waals surface area contributed by atoms with Gasteiger partial charge in [-0.15, -0.1) is 0 Å². The Morgan fingerprint density at radius 3 is 0.432 bits per heavy atom. The van der Waals surface area contributed by atoms with Crippen LogP contribution in [0, 0.1) is 0 Å². The molecule has 0 aliphatic heterocycles. The number of rotatable bonds is 24. The van der Waals surface area contributed by atoms with Gasteiger partial charge in [0, 0.05) is 0 Å². The zero-order valence-corrected chi connectivity index (χ0v) is 45.3. The van der Waals surface area contributed by atoms with Crippen LogP contribution in [0.15, 0.2) is 0 Å². The van der Waals surface area contributed by atoms with Crippen LogP contribution in [0.1, 0.15) is 158 Å². The molecule has 0 rings (SSSR count). The summed E-state index contributed by atoms with van der Waals surface area (Å²) >= 11 is 26.2. The Morgan fingerprint density at radius 2 is 0.364 bits per heavy atom. The molecule has 0 fully saturated rings. The standard InChI is InChI=1S/2C16H36N.8BrH.2Pd/c2*1-5-9-13-17(14-10-6-2,15-11-7-3)16-12-8-4;;;;;;;;;;/h2*5-16H2,1-4H3;8*1H;;/q2*+1;;;;;;;;;2*+3/p-8. The molecule has 0 N–H and O–H groups in total. The van der Waals surface area contributed by atoms with Gasteiger partial charge < -0.3 is 8.97 Å². The van der Waals surface area contributed by atoms with E-state index in [0.29, 0.717) is 0 Å². The van der Waals surface area contributed by atoms with Crippen LogP contribution in [0.25, 0.3) is 0 Å². The Morgan fingerprint density at radius 1 is 0.273 bits per heavy atom. The van der Waals surface area contributed by atoms with Gasteiger partial charge in [0.1, 0.15) is 0 Å². The first kappa shape index (κ1) is 55.8. The van der Waals surface area contributed by atoms with Crippen LogP contribution in [0.2, 0.25) is 0 Å². The number of quaternary nitrogens is 2. The average Bonchev–Trinajstić information content (AvgIpc) is 2.94. The van der Waals surface area contributed by atoms with E-state index >= 15 is 0 Å². The number of halogens is 8. The summed E-state index contributed by atoms with van der Waals surface area (Å²) in [6.45, 7) is 30.0. The fraction of sp³-hybridized carbons (Fsp3) is 1.00. The van der Waals surface area contributed by atoms with Crippen molar-refractivity contribution >= 4 is 107 Å². The number of nitrogens with zero attached hydrogens (tertiary/aromatic N) is 2. The van der Waals surface area contributed by atoms with Gasteiger partial charge in [-0.05, 0) is 51.4 Å². The van der Waals surface area contributed by atoms with Crippen LogP contribution < -0.4 is 0 Å². The minimum atomic E-state index is -1.45. The maximum absolute atomic E-state index is 3.28. The van der Waals surface area contributed by atoms with Crippen molar-refractivity contribution in [2.45, 2.75) is 158 Å². The number of unbranched alkanes of at least 4 members (excludes halogenated alkanes) is 8. The summed E-state index contributed by atoms with van der Waals surface area (Å²) in [6, 6.07) is 0. The molecule has 286 valence electrons. The van der Waals surface area contributed by atoms with E-state index in [1.165, 1.54) is 164 Å². The molecular weight excluding hydrogens is 1260 g/mol. The van der Waals surface area contributed by atoms with Crippen molar-refractivity contribution < 1.29 is 23.9 Å². The molecule has 0 heterocycles. The van der Waals surface area contributed by atoms with Gasteiger partial charge in [0.15, 0.2) is 0 Å². The molecule has 0 aliphatic carbocycles. The molecule has 12 heteroatoms. The minimum absolute atomic E-state index is 1.35. The zero-order chi connectivity index (χ0) is 35.0. The van der Waals surface area contributed by atoms with E-state index in [1.54, 1.807) is 0 Å². The van der Waals surface area contributed by atoms with E-state index in [0.717, 1.165) is 0 Å². The van der Waals surface area contributed by atoms with Gasteiger partial charge in [-0.1, -0.05) is 107 Å². The summed E-state index contributed by atoms with van der Waals surface area (Å²) in [5.74, 6) is 0. The molecule has 0 spiro atoms. The molecule has 44 heavy (non-hydrogen) atoms. The van der Waals surface area contributed by atoms with Crippen LogP contribution in [-0.2, 0) is 14.9 Å². The molecule has 0 radical (unpaired) electrons. The fourth-order valence-electron chi connectivity index (χ4n) is 5.29. The fourth-order valence-corrected chi connectivity index (χ4v) is 5.29. The second-order valence-corrected chi connectivity index (χ2v) is 97.9. The Kier molecular flexibility index (Phi) is 48.0. The third-order valence-corrected chi connectivity index (χ3v) is 7.89. The van der Waals surface area contributed by atoms with Gasteiger partial charge in [0.2, 0.25) is 0 Å². The monoisotopic (exact) mass is 1330 g/mol. The number of hydrogen-bond donors (Lipinski definition) is 0. The second-order valence-electron chi connectivity index (χ2n) is 11.8. The van der Waals surface area contributed by atoms with E-state index in [9.17, 15) is 0 Å². The van der Waals surface area contributed by atoms with Gasteiger partial charge in [0.05, 0.1) is 52.4 Å².